The van der Waals surface area contributed by atoms with Crippen molar-refractivity contribution in [3.8, 4) is 0 Å². The summed E-state index contributed by atoms with van der Waals surface area (Å²) >= 11 is 1.80. The first kappa shape index (κ1) is 10.7. The quantitative estimate of drug-likeness (QED) is 0.851. The van der Waals surface area contributed by atoms with Gasteiger partial charge in [0.15, 0.2) is 0 Å². The van der Waals surface area contributed by atoms with Gasteiger partial charge in [-0.15, -0.1) is 11.3 Å². The number of rotatable bonds is 5. The predicted molar refractivity (Wildman–Crippen MR) is 65.0 cm³/mol. The van der Waals surface area contributed by atoms with E-state index in [1.807, 2.05) is 0 Å². The number of aromatic nitrogens is 1. The summed E-state index contributed by atoms with van der Waals surface area (Å²) in [5, 5.41) is 7.01. The molecule has 1 saturated heterocycles. The third-order valence-electron chi connectivity index (χ3n) is 3.24. The zero-order valence-corrected chi connectivity index (χ0v) is 10.3. The topological polar surface area (TPSA) is 34.1 Å². The summed E-state index contributed by atoms with van der Waals surface area (Å²) < 4.78 is 5.40. The van der Waals surface area contributed by atoms with Crippen molar-refractivity contribution in [2.24, 2.45) is 0 Å². The average molecular weight is 238 g/mol. The molecule has 0 aromatic carbocycles. The number of hydrogen-bond acceptors (Lipinski definition) is 4. The summed E-state index contributed by atoms with van der Waals surface area (Å²) in [6.45, 7) is 2.85. The Bertz CT molecular complexity index is 343. The van der Waals surface area contributed by atoms with E-state index >= 15 is 0 Å². The van der Waals surface area contributed by atoms with Gasteiger partial charge in [0.25, 0.3) is 0 Å². The Labute approximate surface area is 100 Å². The first-order chi connectivity index (χ1) is 7.92. The smallest absolute Gasteiger partial charge is 0.0983 e. The molecule has 2 fully saturated rings. The predicted octanol–water partition coefficient (Wildman–Crippen LogP) is 1.94. The van der Waals surface area contributed by atoms with E-state index in [1.165, 1.54) is 23.5 Å². The maximum Gasteiger partial charge on any atom is 0.0983 e. The Morgan fingerprint density at radius 2 is 2.38 bits per heavy atom. The second-order valence-electron chi connectivity index (χ2n) is 4.72. The average Bonchev–Trinajstić information content (AvgIpc) is 2.83. The molecule has 1 atom stereocenters. The van der Waals surface area contributed by atoms with Gasteiger partial charge in [0.2, 0.25) is 0 Å². The zero-order chi connectivity index (χ0) is 10.8. The first-order valence-electron chi connectivity index (χ1n) is 6.17. The molecule has 4 heteroatoms. The summed E-state index contributed by atoms with van der Waals surface area (Å²) in [5.74, 6) is 0.565. The van der Waals surface area contributed by atoms with Gasteiger partial charge in [0, 0.05) is 36.9 Å². The normalized spacial score (nSPS) is 25.1. The van der Waals surface area contributed by atoms with Crippen molar-refractivity contribution in [3.05, 3.63) is 16.1 Å². The minimum absolute atomic E-state index is 0.565. The van der Waals surface area contributed by atoms with Crippen LogP contribution >= 0.6 is 11.3 Å². The molecule has 2 heterocycles. The summed E-state index contributed by atoms with van der Waals surface area (Å²) in [4.78, 5) is 4.71. The van der Waals surface area contributed by atoms with Crippen LogP contribution in [0.3, 0.4) is 0 Å². The largest absolute Gasteiger partial charge is 0.381 e. The molecule has 3 rings (SSSR count). The molecular weight excluding hydrogens is 220 g/mol. The Balaban J connectivity index is 1.50. The SMILES string of the molecule is c1sc(C2CCOC2)nc1CCNC1CC1. The van der Waals surface area contributed by atoms with Crippen molar-refractivity contribution in [1.82, 2.24) is 10.3 Å². The highest BCUT2D eigenvalue weighted by atomic mass is 32.1. The lowest BCUT2D eigenvalue weighted by Crippen LogP contribution is -2.19. The highest BCUT2D eigenvalue weighted by molar-refractivity contribution is 7.09. The molecule has 1 saturated carbocycles. The Morgan fingerprint density at radius 1 is 1.44 bits per heavy atom. The maximum absolute atomic E-state index is 5.40. The van der Waals surface area contributed by atoms with Crippen molar-refractivity contribution in [2.45, 2.75) is 37.6 Å². The molecule has 0 bridgehead atoms. The molecule has 1 aliphatic heterocycles. The van der Waals surface area contributed by atoms with E-state index in [-0.39, 0.29) is 0 Å². The third-order valence-corrected chi connectivity index (χ3v) is 4.30. The lowest BCUT2D eigenvalue weighted by atomic mass is 10.1. The fraction of sp³-hybridized carbons (Fsp3) is 0.750. The highest BCUT2D eigenvalue weighted by Crippen LogP contribution is 2.27. The van der Waals surface area contributed by atoms with Gasteiger partial charge in [-0.25, -0.2) is 4.98 Å². The summed E-state index contributed by atoms with van der Waals surface area (Å²) in [7, 11) is 0. The molecule has 1 unspecified atom stereocenters. The Morgan fingerprint density at radius 3 is 3.12 bits per heavy atom. The lowest BCUT2D eigenvalue weighted by molar-refractivity contribution is 0.194. The van der Waals surface area contributed by atoms with Crippen molar-refractivity contribution in [3.63, 3.8) is 0 Å². The van der Waals surface area contributed by atoms with E-state index in [9.17, 15) is 0 Å². The number of nitrogens with one attached hydrogen (secondary N) is 1. The Kier molecular flexibility index (Phi) is 3.22. The van der Waals surface area contributed by atoms with Crippen LogP contribution in [0.5, 0.6) is 0 Å². The van der Waals surface area contributed by atoms with Gasteiger partial charge < -0.3 is 10.1 Å². The molecule has 2 aliphatic rings. The molecule has 1 aromatic rings. The highest BCUT2D eigenvalue weighted by Gasteiger charge is 2.22. The lowest BCUT2D eigenvalue weighted by Gasteiger charge is -2.01. The number of thiazole rings is 1. The molecule has 3 nitrogen and oxygen atoms in total. The fourth-order valence-electron chi connectivity index (χ4n) is 2.05. The van der Waals surface area contributed by atoms with Gasteiger partial charge in [-0.05, 0) is 19.3 Å². The van der Waals surface area contributed by atoms with Crippen molar-refractivity contribution in [2.75, 3.05) is 19.8 Å². The minimum Gasteiger partial charge on any atom is -0.381 e. The van der Waals surface area contributed by atoms with Crippen molar-refractivity contribution in [1.29, 1.82) is 0 Å². The van der Waals surface area contributed by atoms with Gasteiger partial charge in [-0.3, -0.25) is 0 Å². The van der Waals surface area contributed by atoms with Crippen LogP contribution in [0.4, 0.5) is 0 Å². The molecule has 0 radical (unpaired) electrons. The second kappa shape index (κ2) is 4.82. The van der Waals surface area contributed by atoms with Crippen LogP contribution in [0.2, 0.25) is 0 Å². The third kappa shape index (κ3) is 2.62. The monoisotopic (exact) mass is 238 g/mol. The molecule has 0 spiro atoms. The first-order valence-corrected chi connectivity index (χ1v) is 7.05. The van der Waals surface area contributed by atoms with Crippen LogP contribution in [0.25, 0.3) is 0 Å². The number of hydrogen-bond donors (Lipinski definition) is 1. The standard InChI is InChI=1S/C12H18N2OS/c1-2-10(1)13-5-3-11-8-16-12(14-11)9-4-6-15-7-9/h8-10,13H,1-7H2. The van der Waals surface area contributed by atoms with E-state index in [1.54, 1.807) is 11.3 Å². The van der Waals surface area contributed by atoms with E-state index in [0.29, 0.717) is 5.92 Å². The van der Waals surface area contributed by atoms with Crippen LogP contribution in [0.1, 0.15) is 35.9 Å². The second-order valence-corrected chi connectivity index (χ2v) is 5.61. The molecule has 1 aliphatic carbocycles. The van der Waals surface area contributed by atoms with Gasteiger partial charge in [0.05, 0.1) is 17.3 Å². The molecule has 0 amide bonds. The molecule has 1 N–H and O–H groups in total. The maximum atomic E-state index is 5.40. The number of ether oxygens (including phenoxy) is 1. The van der Waals surface area contributed by atoms with E-state index < -0.39 is 0 Å². The molecule has 1 aromatic heterocycles. The van der Waals surface area contributed by atoms with Crippen LogP contribution in [-0.4, -0.2) is 30.8 Å². The van der Waals surface area contributed by atoms with E-state index in [4.69, 9.17) is 9.72 Å². The zero-order valence-electron chi connectivity index (χ0n) is 9.45. The molecule has 16 heavy (non-hydrogen) atoms. The molecular formula is C12H18N2OS. The van der Waals surface area contributed by atoms with Gasteiger partial charge in [-0.1, -0.05) is 0 Å². The van der Waals surface area contributed by atoms with E-state index in [2.05, 4.69) is 10.7 Å². The Hall–Kier alpha value is -0.450. The van der Waals surface area contributed by atoms with Crippen LogP contribution in [0.15, 0.2) is 5.38 Å². The fourth-order valence-corrected chi connectivity index (χ4v) is 3.02. The summed E-state index contributed by atoms with van der Waals surface area (Å²) in [5.41, 5.74) is 1.25. The number of nitrogens with zero attached hydrogens (tertiary/aromatic N) is 1. The van der Waals surface area contributed by atoms with Gasteiger partial charge in [-0.2, -0.15) is 0 Å². The van der Waals surface area contributed by atoms with Crippen LogP contribution < -0.4 is 5.32 Å². The van der Waals surface area contributed by atoms with Crippen molar-refractivity contribution >= 4 is 11.3 Å². The minimum atomic E-state index is 0.565. The summed E-state index contributed by atoms with van der Waals surface area (Å²) in [6.07, 6.45) is 4.94. The van der Waals surface area contributed by atoms with Gasteiger partial charge >= 0.3 is 0 Å². The van der Waals surface area contributed by atoms with E-state index in [0.717, 1.165) is 38.6 Å². The summed E-state index contributed by atoms with van der Waals surface area (Å²) in [6, 6.07) is 0.807. The van der Waals surface area contributed by atoms with Crippen LogP contribution in [0, 0.1) is 0 Å². The molecule has 88 valence electrons. The van der Waals surface area contributed by atoms with Gasteiger partial charge in [0.1, 0.15) is 0 Å². The van der Waals surface area contributed by atoms with Crippen LogP contribution in [-0.2, 0) is 11.2 Å². The van der Waals surface area contributed by atoms with Crippen molar-refractivity contribution < 1.29 is 4.74 Å².